The second kappa shape index (κ2) is 4.73. The Morgan fingerprint density at radius 1 is 1.53 bits per heavy atom. The number of halogens is 1. The zero-order valence-corrected chi connectivity index (χ0v) is 10.1. The topological polar surface area (TPSA) is 29.5 Å². The van der Waals surface area contributed by atoms with Crippen molar-refractivity contribution in [3.05, 3.63) is 29.6 Å². The Morgan fingerprint density at radius 3 is 2.82 bits per heavy atom. The average molecular weight is 237 g/mol. The fourth-order valence-electron chi connectivity index (χ4n) is 1.58. The summed E-state index contributed by atoms with van der Waals surface area (Å²) in [5, 5.41) is 0. The van der Waals surface area contributed by atoms with Crippen molar-refractivity contribution in [2.75, 3.05) is 13.7 Å². The fourth-order valence-corrected chi connectivity index (χ4v) is 1.58. The Labute approximate surface area is 100 Å². The second-order valence-electron chi connectivity index (χ2n) is 4.44. The summed E-state index contributed by atoms with van der Waals surface area (Å²) in [6.07, 6.45) is 2.14. The van der Waals surface area contributed by atoms with Crippen molar-refractivity contribution in [2.24, 2.45) is 0 Å². The van der Waals surface area contributed by atoms with Gasteiger partial charge in [0.25, 0.3) is 5.91 Å². The first-order chi connectivity index (χ1) is 8.08. The van der Waals surface area contributed by atoms with Crippen molar-refractivity contribution in [1.29, 1.82) is 0 Å². The van der Waals surface area contributed by atoms with Gasteiger partial charge in [-0.05, 0) is 31.4 Å². The summed E-state index contributed by atoms with van der Waals surface area (Å²) >= 11 is 0. The molecule has 0 bridgehead atoms. The van der Waals surface area contributed by atoms with Crippen molar-refractivity contribution < 1.29 is 13.9 Å². The molecule has 92 valence electrons. The third-order valence-corrected chi connectivity index (χ3v) is 2.99. The molecule has 4 heteroatoms. The van der Waals surface area contributed by atoms with E-state index in [9.17, 15) is 9.18 Å². The molecule has 0 radical (unpaired) electrons. The van der Waals surface area contributed by atoms with Gasteiger partial charge in [0.1, 0.15) is 11.6 Å². The minimum Gasteiger partial charge on any atom is -0.484 e. The highest BCUT2D eigenvalue weighted by Gasteiger charge is 2.29. The molecule has 0 saturated heterocycles. The predicted octanol–water partition coefficient (Wildman–Crippen LogP) is 2.13. The number of hydrogen-bond acceptors (Lipinski definition) is 2. The lowest BCUT2D eigenvalue weighted by molar-refractivity contribution is -0.132. The normalized spacial score (nSPS) is 14.5. The van der Waals surface area contributed by atoms with Crippen LogP contribution in [0.4, 0.5) is 4.39 Å². The van der Waals surface area contributed by atoms with Gasteiger partial charge in [0.15, 0.2) is 6.61 Å². The first kappa shape index (κ1) is 11.9. The molecule has 17 heavy (non-hydrogen) atoms. The molecule has 0 aliphatic heterocycles. The Morgan fingerprint density at radius 2 is 2.24 bits per heavy atom. The lowest BCUT2D eigenvalue weighted by Gasteiger charge is -2.16. The number of likely N-dealkylation sites (N-methyl/N-ethyl adjacent to an activating group) is 1. The molecule has 1 aliphatic carbocycles. The van der Waals surface area contributed by atoms with Crippen LogP contribution >= 0.6 is 0 Å². The first-order valence-electron chi connectivity index (χ1n) is 5.72. The molecule has 0 atom stereocenters. The maximum atomic E-state index is 13.2. The highest BCUT2D eigenvalue weighted by Crippen LogP contribution is 2.25. The van der Waals surface area contributed by atoms with Gasteiger partial charge < -0.3 is 9.64 Å². The van der Waals surface area contributed by atoms with Crippen molar-refractivity contribution in [2.45, 2.75) is 25.8 Å². The van der Waals surface area contributed by atoms with Crippen LogP contribution in [-0.2, 0) is 4.79 Å². The van der Waals surface area contributed by atoms with Crippen LogP contribution in [0.2, 0.25) is 0 Å². The molecule has 0 unspecified atom stereocenters. The van der Waals surface area contributed by atoms with Crippen LogP contribution in [0, 0.1) is 12.7 Å². The molecule has 1 aromatic carbocycles. The third-order valence-electron chi connectivity index (χ3n) is 2.99. The fraction of sp³-hybridized carbons (Fsp3) is 0.462. The van der Waals surface area contributed by atoms with Crippen molar-refractivity contribution >= 4 is 5.91 Å². The summed E-state index contributed by atoms with van der Waals surface area (Å²) in [6.45, 7) is 1.65. The monoisotopic (exact) mass is 237 g/mol. The summed E-state index contributed by atoms with van der Waals surface area (Å²) in [5.74, 6) is 0.0182. The lowest BCUT2D eigenvalue weighted by atomic mass is 10.2. The number of aryl methyl sites for hydroxylation is 1. The first-order valence-corrected chi connectivity index (χ1v) is 5.72. The number of nitrogens with zero attached hydrogens (tertiary/aromatic N) is 1. The molecule has 1 aromatic rings. The van der Waals surface area contributed by atoms with E-state index in [0.717, 1.165) is 12.8 Å². The second-order valence-corrected chi connectivity index (χ2v) is 4.44. The summed E-state index contributed by atoms with van der Waals surface area (Å²) in [7, 11) is 1.78. The molecular weight excluding hydrogens is 221 g/mol. The van der Waals surface area contributed by atoms with Gasteiger partial charge in [-0.2, -0.15) is 0 Å². The standard InChI is InChI=1S/C13H16FNO2/c1-9-3-6-11(7-12(9)14)17-8-13(16)15(2)10-4-5-10/h3,6-7,10H,4-5,8H2,1-2H3. The van der Waals surface area contributed by atoms with E-state index >= 15 is 0 Å². The zero-order chi connectivity index (χ0) is 12.4. The van der Waals surface area contributed by atoms with E-state index in [-0.39, 0.29) is 18.3 Å². The van der Waals surface area contributed by atoms with Crippen LogP contribution in [0.3, 0.4) is 0 Å². The Balaban J connectivity index is 1.88. The number of carbonyl (C=O) groups excluding carboxylic acids is 1. The molecule has 0 N–H and O–H groups in total. The number of ether oxygens (including phenoxy) is 1. The summed E-state index contributed by atoms with van der Waals surface area (Å²) in [5.41, 5.74) is 0.568. The molecule has 0 aromatic heterocycles. The van der Waals surface area contributed by atoms with E-state index in [0.29, 0.717) is 17.4 Å². The molecule has 1 amide bonds. The highest BCUT2D eigenvalue weighted by molar-refractivity contribution is 5.78. The predicted molar refractivity (Wildman–Crippen MR) is 62.4 cm³/mol. The molecule has 2 rings (SSSR count). The molecule has 1 saturated carbocycles. The minimum absolute atomic E-state index is 0.0322. The summed E-state index contributed by atoms with van der Waals surface area (Å²) in [6, 6.07) is 4.99. The van der Waals surface area contributed by atoms with Gasteiger partial charge in [-0.25, -0.2) is 4.39 Å². The maximum Gasteiger partial charge on any atom is 0.260 e. The largest absolute Gasteiger partial charge is 0.484 e. The molecular formula is C13H16FNO2. The quantitative estimate of drug-likeness (QED) is 0.803. The summed E-state index contributed by atoms with van der Waals surface area (Å²) in [4.78, 5) is 13.4. The number of benzene rings is 1. The van der Waals surface area contributed by atoms with Gasteiger partial charge in [0.2, 0.25) is 0 Å². The number of hydrogen-bond donors (Lipinski definition) is 0. The Kier molecular flexibility index (Phi) is 3.31. The molecule has 1 fully saturated rings. The van der Waals surface area contributed by atoms with E-state index in [1.807, 2.05) is 0 Å². The number of amides is 1. The van der Waals surface area contributed by atoms with Gasteiger partial charge in [-0.1, -0.05) is 6.07 Å². The van der Waals surface area contributed by atoms with E-state index in [1.54, 1.807) is 31.0 Å². The lowest BCUT2D eigenvalue weighted by Crippen LogP contribution is -2.33. The zero-order valence-electron chi connectivity index (χ0n) is 10.1. The van der Waals surface area contributed by atoms with Gasteiger partial charge in [0.05, 0.1) is 0 Å². The van der Waals surface area contributed by atoms with Crippen LogP contribution < -0.4 is 4.74 Å². The van der Waals surface area contributed by atoms with Crippen molar-refractivity contribution in [3.8, 4) is 5.75 Å². The van der Waals surface area contributed by atoms with Gasteiger partial charge in [-0.3, -0.25) is 4.79 Å². The van der Waals surface area contributed by atoms with E-state index < -0.39 is 0 Å². The van der Waals surface area contributed by atoms with E-state index in [4.69, 9.17) is 4.74 Å². The Bertz CT molecular complexity index is 429. The SMILES string of the molecule is Cc1ccc(OCC(=O)N(C)C2CC2)cc1F. The van der Waals surface area contributed by atoms with Gasteiger partial charge in [-0.15, -0.1) is 0 Å². The molecule has 0 spiro atoms. The van der Waals surface area contributed by atoms with E-state index in [1.165, 1.54) is 6.07 Å². The number of rotatable bonds is 4. The van der Waals surface area contributed by atoms with Crippen molar-refractivity contribution in [1.82, 2.24) is 4.90 Å². The van der Waals surface area contributed by atoms with Crippen LogP contribution in [-0.4, -0.2) is 30.5 Å². The third kappa shape index (κ3) is 2.96. The Hall–Kier alpha value is -1.58. The van der Waals surface area contributed by atoms with Crippen LogP contribution in [0.5, 0.6) is 5.75 Å². The molecule has 3 nitrogen and oxygen atoms in total. The van der Waals surface area contributed by atoms with Crippen LogP contribution in [0.25, 0.3) is 0 Å². The van der Waals surface area contributed by atoms with Gasteiger partial charge >= 0.3 is 0 Å². The maximum absolute atomic E-state index is 13.2. The van der Waals surface area contributed by atoms with Crippen LogP contribution in [0.15, 0.2) is 18.2 Å². The molecule has 1 aliphatic rings. The average Bonchev–Trinajstić information content (AvgIpc) is 3.13. The van der Waals surface area contributed by atoms with Crippen molar-refractivity contribution in [3.63, 3.8) is 0 Å². The van der Waals surface area contributed by atoms with E-state index in [2.05, 4.69) is 0 Å². The van der Waals surface area contributed by atoms with Crippen LogP contribution in [0.1, 0.15) is 18.4 Å². The minimum atomic E-state index is -0.314. The number of carbonyl (C=O) groups is 1. The van der Waals surface area contributed by atoms with Gasteiger partial charge in [0, 0.05) is 19.2 Å². The molecule has 0 heterocycles. The summed E-state index contributed by atoms with van der Waals surface area (Å²) < 4.78 is 18.5. The smallest absolute Gasteiger partial charge is 0.260 e. The highest BCUT2D eigenvalue weighted by atomic mass is 19.1.